The molecule has 0 unspecified atom stereocenters. The van der Waals surface area contributed by atoms with E-state index in [4.69, 9.17) is 14.2 Å². The van der Waals surface area contributed by atoms with Crippen molar-refractivity contribution in [2.45, 2.75) is 32.4 Å². The monoisotopic (exact) mass is 600 g/mol. The van der Waals surface area contributed by atoms with Gasteiger partial charge >= 0.3 is 0 Å². The van der Waals surface area contributed by atoms with Crippen LogP contribution >= 0.6 is 11.3 Å². The van der Waals surface area contributed by atoms with Crippen molar-refractivity contribution in [1.82, 2.24) is 9.80 Å². The van der Waals surface area contributed by atoms with Crippen LogP contribution in [0, 0.1) is 6.92 Å². The van der Waals surface area contributed by atoms with E-state index < -0.39 is 0 Å². The fraction of sp³-hybridized carbons (Fsp3) is 0.400. The summed E-state index contributed by atoms with van der Waals surface area (Å²) in [7, 11) is 1.67. The van der Waals surface area contributed by atoms with Gasteiger partial charge in [0.25, 0.3) is 0 Å². The molecule has 0 amide bonds. The van der Waals surface area contributed by atoms with Crippen LogP contribution in [0.25, 0.3) is 20.5 Å². The van der Waals surface area contributed by atoms with Gasteiger partial charge in [-0.15, -0.1) is 11.3 Å². The Kier molecular flexibility index (Phi) is 9.40. The van der Waals surface area contributed by atoms with Gasteiger partial charge in [0.15, 0.2) is 5.78 Å². The fourth-order valence-corrected chi connectivity index (χ4v) is 7.48. The summed E-state index contributed by atoms with van der Waals surface area (Å²) >= 11 is 1.65. The van der Waals surface area contributed by atoms with Gasteiger partial charge in [0.1, 0.15) is 18.1 Å². The molecule has 0 radical (unpaired) electrons. The quantitative estimate of drug-likeness (QED) is 0.219. The molecular weight excluding hydrogens is 560 g/mol. The van der Waals surface area contributed by atoms with Crippen molar-refractivity contribution in [1.29, 1.82) is 0 Å². The lowest BCUT2D eigenvalue weighted by molar-refractivity contribution is 0.0339. The molecule has 2 aliphatic heterocycles. The molecule has 3 heterocycles. The van der Waals surface area contributed by atoms with Crippen molar-refractivity contribution < 1.29 is 24.1 Å². The van der Waals surface area contributed by atoms with Gasteiger partial charge in [-0.2, -0.15) is 0 Å². The van der Waals surface area contributed by atoms with E-state index in [2.05, 4.69) is 34.9 Å². The first-order valence-electron chi connectivity index (χ1n) is 15.2. The van der Waals surface area contributed by atoms with Crippen molar-refractivity contribution >= 4 is 27.2 Å². The highest BCUT2D eigenvalue weighted by molar-refractivity contribution is 7.22. The molecule has 226 valence electrons. The summed E-state index contributed by atoms with van der Waals surface area (Å²) in [6.07, 6.45) is 2.17. The summed E-state index contributed by atoms with van der Waals surface area (Å²) in [5.41, 5.74) is 4.57. The summed E-state index contributed by atoms with van der Waals surface area (Å²) in [4.78, 5) is 19.8. The van der Waals surface area contributed by atoms with Crippen LogP contribution in [0.1, 0.15) is 39.9 Å². The number of ether oxygens (including phenoxy) is 3. The number of fused-ring (bicyclic) bond motifs is 1. The third-order valence-electron chi connectivity index (χ3n) is 8.59. The molecule has 1 aromatic heterocycles. The largest absolute Gasteiger partial charge is 0.496 e. The molecule has 43 heavy (non-hydrogen) atoms. The number of methoxy groups -OCH3 is 1. The number of morpholine rings is 1. The summed E-state index contributed by atoms with van der Waals surface area (Å²) in [6, 6.07) is 20.4. The first-order valence-corrected chi connectivity index (χ1v) is 16.0. The number of benzene rings is 3. The van der Waals surface area contributed by atoms with E-state index >= 15 is 0 Å². The highest BCUT2D eigenvalue weighted by Gasteiger charge is 2.24. The van der Waals surface area contributed by atoms with Crippen molar-refractivity contribution in [2.24, 2.45) is 0 Å². The number of aliphatic hydroxyl groups excluding tert-OH is 1. The number of likely N-dealkylation sites (tertiary alicyclic amines) is 1. The van der Waals surface area contributed by atoms with Crippen molar-refractivity contribution in [3.05, 3.63) is 82.9 Å². The maximum absolute atomic E-state index is 14.2. The van der Waals surface area contributed by atoms with E-state index in [1.807, 2.05) is 42.5 Å². The molecular formula is C35H40N2O5S. The second-order valence-electron chi connectivity index (χ2n) is 11.4. The molecule has 0 aliphatic carbocycles. The zero-order chi connectivity index (χ0) is 29.8. The Bertz CT molecular complexity index is 1560. The fourth-order valence-electron chi connectivity index (χ4n) is 6.17. The number of ketones is 1. The molecule has 8 heteroatoms. The zero-order valence-electron chi connectivity index (χ0n) is 25.0. The molecule has 7 nitrogen and oxygen atoms in total. The Morgan fingerprint density at radius 1 is 1.05 bits per heavy atom. The smallest absolute Gasteiger partial charge is 0.195 e. The molecule has 4 aromatic rings. The van der Waals surface area contributed by atoms with Gasteiger partial charge < -0.3 is 19.3 Å². The standard InChI is InChI=1S/C35H40N2O5S/c1-24-5-12-30-32(20-24)43-35(25-8-10-29(11-9-25)42-19-16-37-13-3-4-28(37)23-38)33(30)34(39)26-6-7-27(31(21-26)40-2)22-36-14-17-41-18-15-36/h5-12,20-21,28,38H,3-4,13-19,22-23H2,1-2H3/t28-/m0/s1. The van der Waals surface area contributed by atoms with Crippen LogP contribution in [-0.2, 0) is 11.3 Å². The van der Waals surface area contributed by atoms with Crippen LogP contribution < -0.4 is 9.47 Å². The lowest BCUT2D eigenvalue weighted by atomic mass is 9.96. The Morgan fingerprint density at radius 3 is 2.63 bits per heavy atom. The number of carbonyl (C=O) groups excluding carboxylic acids is 1. The highest BCUT2D eigenvalue weighted by Crippen LogP contribution is 2.41. The average molecular weight is 601 g/mol. The molecule has 0 spiro atoms. The van der Waals surface area contributed by atoms with Crippen LogP contribution in [0.5, 0.6) is 11.5 Å². The van der Waals surface area contributed by atoms with Crippen LogP contribution in [0.3, 0.4) is 0 Å². The van der Waals surface area contributed by atoms with Gasteiger partial charge in [-0.25, -0.2) is 0 Å². The Morgan fingerprint density at radius 2 is 1.86 bits per heavy atom. The van der Waals surface area contributed by atoms with Gasteiger partial charge in [0, 0.05) is 63.9 Å². The second-order valence-corrected chi connectivity index (χ2v) is 12.5. The molecule has 2 aliphatic rings. The second kappa shape index (κ2) is 13.6. The SMILES string of the molecule is COc1cc(C(=O)c2c(-c3ccc(OCCN4CCC[C@H]4CO)cc3)sc3cc(C)ccc23)ccc1CN1CCOCC1. The van der Waals surface area contributed by atoms with Gasteiger partial charge in [0.05, 0.1) is 26.9 Å². The minimum Gasteiger partial charge on any atom is -0.496 e. The van der Waals surface area contributed by atoms with Crippen molar-refractivity contribution in [2.75, 3.05) is 59.7 Å². The molecule has 0 bridgehead atoms. The molecule has 2 fully saturated rings. The maximum Gasteiger partial charge on any atom is 0.195 e. The third-order valence-corrected chi connectivity index (χ3v) is 9.79. The lowest BCUT2D eigenvalue weighted by Crippen LogP contribution is -2.35. The predicted molar refractivity (Wildman–Crippen MR) is 172 cm³/mol. The normalized spacial score (nSPS) is 17.9. The number of thiophene rings is 1. The number of hydrogen-bond acceptors (Lipinski definition) is 8. The average Bonchev–Trinajstić information content (AvgIpc) is 3.65. The van der Waals surface area contributed by atoms with Gasteiger partial charge in [-0.05, 0) is 73.8 Å². The van der Waals surface area contributed by atoms with E-state index in [-0.39, 0.29) is 18.4 Å². The van der Waals surface area contributed by atoms with Gasteiger partial charge in [-0.1, -0.05) is 24.3 Å². The number of aliphatic hydroxyl groups is 1. The summed E-state index contributed by atoms with van der Waals surface area (Å²) in [5, 5.41) is 10.5. The Balaban J connectivity index is 1.25. The molecule has 0 saturated carbocycles. The van der Waals surface area contributed by atoms with Gasteiger partial charge in [-0.3, -0.25) is 14.6 Å². The summed E-state index contributed by atoms with van der Waals surface area (Å²) in [5.74, 6) is 1.52. The van der Waals surface area contributed by atoms with Crippen LogP contribution in [0.2, 0.25) is 0 Å². The van der Waals surface area contributed by atoms with E-state index in [1.165, 1.54) is 5.56 Å². The first-order chi connectivity index (χ1) is 21.0. The number of hydrogen-bond donors (Lipinski definition) is 1. The molecule has 3 aromatic carbocycles. The Hall–Kier alpha value is -3.27. The zero-order valence-corrected chi connectivity index (χ0v) is 25.8. The van der Waals surface area contributed by atoms with E-state index in [9.17, 15) is 9.90 Å². The number of rotatable bonds is 11. The highest BCUT2D eigenvalue weighted by atomic mass is 32.1. The lowest BCUT2D eigenvalue weighted by Gasteiger charge is -2.27. The maximum atomic E-state index is 14.2. The van der Waals surface area contributed by atoms with E-state index in [0.717, 1.165) is 102 Å². The number of carbonyl (C=O) groups is 1. The summed E-state index contributed by atoms with van der Waals surface area (Å²) < 4.78 is 18.4. The number of aryl methyl sites for hydroxylation is 1. The van der Waals surface area contributed by atoms with Crippen molar-refractivity contribution in [3.8, 4) is 21.9 Å². The number of nitrogens with zero attached hydrogens (tertiary/aromatic N) is 2. The topological polar surface area (TPSA) is 71.5 Å². The van der Waals surface area contributed by atoms with Gasteiger partial charge in [0.2, 0.25) is 0 Å². The van der Waals surface area contributed by atoms with E-state index in [0.29, 0.717) is 12.2 Å². The predicted octanol–water partition coefficient (Wildman–Crippen LogP) is 5.78. The van der Waals surface area contributed by atoms with E-state index in [1.54, 1.807) is 18.4 Å². The molecule has 1 N–H and O–H groups in total. The van der Waals surface area contributed by atoms with Crippen LogP contribution in [0.15, 0.2) is 60.7 Å². The van der Waals surface area contributed by atoms with Crippen LogP contribution in [-0.4, -0.2) is 86.4 Å². The minimum absolute atomic E-state index is 0.00861. The molecule has 2 saturated heterocycles. The Labute approximate surface area is 257 Å². The summed E-state index contributed by atoms with van der Waals surface area (Å²) in [6.45, 7) is 8.69. The third kappa shape index (κ3) is 6.64. The first kappa shape index (κ1) is 29.8. The minimum atomic E-state index is -0.00861. The van der Waals surface area contributed by atoms with Crippen LogP contribution in [0.4, 0.5) is 0 Å². The molecule has 6 rings (SSSR count). The van der Waals surface area contributed by atoms with Crippen molar-refractivity contribution in [3.63, 3.8) is 0 Å². The molecule has 1 atom stereocenters.